The molecule has 0 radical (unpaired) electrons. The number of ether oxygens (including phenoxy) is 1. The molecule has 6 heteroatoms. The summed E-state index contributed by atoms with van der Waals surface area (Å²) in [6.07, 6.45) is 0. The van der Waals surface area contributed by atoms with E-state index >= 15 is 0 Å². The number of rotatable bonds is 4. The Labute approximate surface area is 149 Å². The predicted octanol–water partition coefficient (Wildman–Crippen LogP) is 4.35. The second kappa shape index (κ2) is 7.28. The summed E-state index contributed by atoms with van der Waals surface area (Å²) < 4.78 is 5.28. The van der Waals surface area contributed by atoms with E-state index in [1.807, 2.05) is 12.1 Å². The Kier molecular flexibility index (Phi) is 4.72. The number of esters is 1. The molecule has 0 aliphatic carbocycles. The SMILES string of the molecule is N#Cc1ccc(-c2ccc(OC(=O)c3ccc([N+](=O)[O-])cc3)cc2)cc1. The maximum Gasteiger partial charge on any atom is 0.343 e. The van der Waals surface area contributed by atoms with Gasteiger partial charge in [-0.25, -0.2) is 4.79 Å². The van der Waals surface area contributed by atoms with E-state index < -0.39 is 10.9 Å². The molecule has 0 saturated carbocycles. The van der Waals surface area contributed by atoms with Crippen molar-refractivity contribution in [3.05, 3.63) is 94.0 Å². The molecule has 6 nitrogen and oxygen atoms in total. The molecule has 3 aromatic rings. The zero-order valence-corrected chi connectivity index (χ0v) is 13.5. The van der Waals surface area contributed by atoms with E-state index in [0.29, 0.717) is 11.3 Å². The Hall–Kier alpha value is -3.98. The maximum absolute atomic E-state index is 12.1. The van der Waals surface area contributed by atoms with Gasteiger partial charge in [0.15, 0.2) is 0 Å². The van der Waals surface area contributed by atoms with Gasteiger partial charge in [-0.05, 0) is 47.5 Å². The average Bonchev–Trinajstić information content (AvgIpc) is 2.68. The van der Waals surface area contributed by atoms with Gasteiger partial charge in [-0.1, -0.05) is 24.3 Å². The third-order valence-electron chi connectivity index (χ3n) is 3.73. The van der Waals surface area contributed by atoms with Crippen LogP contribution in [0.3, 0.4) is 0 Å². The van der Waals surface area contributed by atoms with Crippen LogP contribution in [-0.4, -0.2) is 10.9 Å². The van der Waals surface area contributed by atoms with Gasteiger partial charge in [-0.15, -0.1) is 0 Å². The minimum atomic E-state index is -0.592. The molecule has 26 heavy (non-hydrogen) atoms. The highest BCUT2D eigenvalue weighted by molar-refractivity contribution is 5.91. The van der Waals surface area contributed by atoms with Gasteiger partial charge >= 0.3 is 5.97 Å². The van der Waals surface area contributed by atoms with Gasteiger partial charge in [-0.2, -0.15) is 5.26 Å². The molecule has 0 aromatic heterocycles. The molecule has 0 N–H and O–H groups in total. The van der Waals surface area contributed by atoms with Crippen molar-refractivity contribution in [3.8, 4) is 22.9 Å². The summed E-state index contributed by atoms with van der Waals surface area (Å²) in [5.74, 6) is -0.225. The fourth-order valence-electron chi connectivity index (χ4n) is 2.34. The number of carbonyl (C=O) groups excluding carboxylic acids is 1. The second-order valence-corrected chi connectivity index (χ2v) is 5.41. The Morgan fingerprint density at radius 3 is 1.92 bits per heavy atom. The molecular formula is C20H12N2O4. The van der Waals surface area contributed by atoms with Gasteiger partial charge in [-0.3, -0.25) is 10.1 Å². The number of hydrogen-bond donors (Lipinski definition) is 0. The van der Waals surface area contributed by atoms with Crippen molar-refractivity contribution in [2.24, 2.45) is 0 Å². The highest BCUT2D eigenvalue weighted by Crippen LogP contribution is 2.23. The molecule has 3 rings (SSSR count). The number of nitro benzene ring substituents is 1. The quantitative estimate of drug-likeness (QED) is 0.303. The minimum Gasteiger partial charge on any atom is -0.423 e. The van der Waals surface area contributed by atoms with E-state index in [-0.39, 0.29) is 11.3 Å². The van der Waals surface area contributed by atoms with Crippen LogP contribution in [0.1, 0.15) is 15.9 Å². The predicted molar refractivity (Wildman–Crippen MR) is 94.6 cm³/mol. The van der Waals surface area contributed by atoms with Gasteiger partial charge in [0.2, 0.25) is 0 Å². The summed E-state index contributed by atoms with van der Waals surface area (Å²) in [7, 11) is 0. The fourth-order valence-corrected chi connectivity index (χ4v) is 2.34. The Balaban J connectivity index is 1.71. The van der Waals surface area contributed by atoms with Gasteiger partial charge < -0.3 is 4.74 Å². The zero-order chi connectivity index (χ0) is 18.5. The molecule has 0 unspecified atom stereocenters. The van der Waals surface area contributed by atoms with Crippen LogP contribution in [0, 0.1) is 21.4 Å². The van der Waals surface area contributed by atoms with Crippen LogP contribution in [0.15, 0.2) is 72.8 Å². The zero-order valence-electron chi connectivity index (χ0n) is 13.5. The maximum atomic E-state index is 12.1. The minimum absolute atomic E-state index is 0.0895. The van der Waals surface area contributed by atoms with Crippen LogP contribution in [-0.2, 0) is 0 Å². The first-order chi connectivity index (χ1) is 12.6. The van der Waals surface area contributed by atoms with Crippen LogP contribution in [0.4, 0.5) is 5.69 Å². The van der Waals surface area contributed by atoms with E-state index in [9.17, 15) is 14.9 Å². The topological polar surface area (TPSA) is 93.2 Å². The molecule has 0 fully saturated rings. The monoisotopic (exact) mass is 344 g/mol. The molecule has 0 atom stereocenters. The summed E-state index contributed by atoms with van der Waals surface area (Å²) in [4.78, 5) is 22.2. The van der Waals surface area contributed by atoms with Crippen molar-refractivity contribution in [1.29, 1.82) is 5.26 Å². The van der Waals surface area contributed by atoms with Gasteiger partial charge in [0.1, 0.15) is 5.75 Å². The van der Waals surface area contributed by atoms with E-state index in [1.165, 1.54) is 24.3 Å². The van der Waals surface area contributed by atoms with Crippen molar-refractivity contribution in [2.75, 3.05) is 0 Å². The highest BCUT2D eigenvalue weighted by atomic mass is 16.6. The van der Waals surface area contributed by atoms with Crippen molar-refractivity contribution in [2.45, 2.75) is 0 Å². The van der Waals surface area contributed by atoms with Gasteiger partial charge in [0.25, 0.3) is 5.69 Å². The van der Waals surface area contributed by atoms with Crippen LogP contribution in [0.5, 0.6) is 5.75 Å². The summed E-state index contributed by atoms with van der Waals surface area (Å²) in [5, 5.41) is 19.5. The third-order valence-corrected chi connectivity index (χ3v) is 3.73. The fraction of sp³-hybridized carbons (Fsp3) is 0. The molecule has 0 aliphatic rings. The van der Waals surface area contributed by atoms with E-state index in [1.54, 1.807) is 36.4 Å². The largest absolute Gasteiger partial charge is 0.423 e. The lowest BCUT2D eigenvalue weighted by molar-refractivity contribution is -0.384. The average molecular weight is 344 g/mol. The lowest BCUT2D eigenvalue weighted by Crippen LogP contribution is -2.08. The molecule has 3 aromatic carbocycles. The van der Waals surface area contributed by atoms with Gasteiger partial charge in [0, 0.05) is 12.1 Å². The van der Waals surface area contributed by atoms with Crippen LogP contribution in [0.25, 0.3) is 11.1 Å². The van der Waals surface area contributed by atoms with Crippen LogP contribution in [0.2, 0.25) is 0 Å². The van der Waals surface area contributed by atoms with Crippen molar-refractivity contribution in [1.82, 2.24) is 0 Å². The molecule has 0 amide bonds. The molecule has 0 saturated heterocycles. The van der Waals surface area contributed by atoms with Crippen molar-refractivity contribution >= 4 is 11.7 Å². The number of nitro groups is 1. The third kappa shape index (κ3) is 3.74. The summed E-state index contributed by atoms with van der Waals surface area (Å²) in [5.41, 5.74) is 2.59. The van der Waals surface area contributed by atoms with Crippen LogP contribution >= 0.6 is 0 Å². The summed E-state index contributed by atoms with van der Waals surface area (Å²) in [6.45, 7) is 0. The molecule has 0 aliphatic heterocycles. The van der Waals surface area contributed by atoms with E-state index in [2.05, 4.69) is 6.07 Å². The normalized spacial score (nSPS) is 9.96. The van der Waals surface area contributed by atoms with E-state index in [0.717, 1.165) is 11.1 Å². The number of benzene rings is 3. The smallest absolute Gasteiger partial charge is 0.343 e. The van der Waals surface area contributed by atoms with Gasteiger partial charge in [0.05, 0.1) is 22.1 Å². The highest BCUT2D eigenvalue weighted by Gasteiger charge is 2.11. The first-order valence-electron chi connectivity index (χ1n) is 7.64. The number of carbonyl (C=O) groups is 1. The number of nitriles is 1. The Morgan fingerprint density at radius 2 is 1.42 bits per heavy atom. The number of non-ortho nitro benzene ring substituents is 1. The lowest BCUT2D eigenvalue weighted by Gasteiger charge is -2.06. The molecule has 0 spiro atoms. The Bertz CT molecular complexity index is 986. The summed E-state index contributed by atoms with van der Waals surface area (Å²) in [6, 6.07) is 21.4. The Morgan fingerprint density at radius 1 is 0.885 bits per heavy atom. The first kappa shape index (κ1) is 16.9. The first-order valence-corrected chi connectivity index (χ1v) is 7.64. The summed E-state index contributed by atoms with van der Waals surface area (Å²) >= 11 is 0. The molecule has 0 bridgehead atoms. The molecular weight excluding hydrogens is 332 g/mol. The van der Waals surface area contributed by atoms with Crippen molar-refractivity contribution < 1.29 is 14.5 Å². The standard InChI is InChI=1S/C20H12N2O4/c21-13-14-1-3-15(4-2-14)16-7-11-19(12-8-16)26-20(23)17-5-9-18(10-6-17)22(24)25/h1-12H. The molecule has 126 valence electrons. The second-order valence-electron chi connectivity index (χ2n) is 5.41. The van der Waals surface area contributed by atoms with Crippen LogP contribution < -0.4 is 4.74 Å². The van der Waals surface area contributed by atoms with E-state index in [4.69, 9.17) is 10.00 Å². The van der Waals surface area contributed by atoms with Crippen molar-refractivity contribution in [3.63, 3.8) is 0 Å². The number of nitrogens with zero attached hydrogens (tertiary/aromatic N) is 2. The lowest BCUT2D eigenvalue weighted by atomic mass is 10.0. The number of hydrogen-bond acceptors (Lipinski definition) is 5. The molecule has 0 heterocycles.